The van der Waals surface area contributed by atoms with Gasteiger partial charge in [-0.2, -0.15) is 5.10 Å². The number of aryl methyl sites for hydroxylation is 2. The Morgan fingerprint density at radius 1 is 0.654 bits per heavy atom. The van der Waals surface area contributed by atoms with Crippen molar-refractivity contribution >= 4 is 66.7 Å². The first kappa shape index (κ1) is 82.1. The summed E-state index contributed by atoms with van der Waals surface area (Å²) in [7, 11) is 3.81. The molecule has 0 radical (unpaired) electrons. The number of carbonyl (C=O) groups excluding carboxylic acids is 4. The Hall–Kier alpha value is -9.00. The van der Waals surface area contributed by atoms with Crippen LogP contribution in [-0.2, 0) is 62.2 Å². The third kappa shape index (κ3) is 23.7. The Morgan fingerprint density at radius 2 is 1.31 bits per heavy atom. The Balaban J connectivity index is 0.560. The number of likely N-dealkylation sites (N-methyl/N-ethyl adjacent to an activating group) is 1. The number of nitrogens with one attached hydrogen (secondary N) is 2. The number of benzene rings is 4. The van der Waals surface area contributed by atoms with E-state index in [-0.39, 0.29) is 69.9 Å². The first-order valence-corrected chi connectivity index (χ1v) is 38.4. The molecule has 1 aliphatic heterocycles. The van der Waals surface area contributed by atoms with Gasteiger partial charge in [0.1, 0.15) is 28.8 Å². The molecule has 9 rings (SSSR count). The maximum Gasteiger partial charge on any atom is 0.328 e. The molecule has 4 heterocycles. The molecule has 7 aromatic rings. The highest BCUT2D eigenvalue weighted by atomic mass is 32.2. The van der Waals surface area contributed by atoms with Gasteiger partial charge in [0.25, 0.3) is 10.0 Å². The number of anilines is 2. The number of pyridine rings is 1. The van der Waals surface area contributed by atoms with Crippen molar-refractivity contribution < 1.29 is 75.0 Å². The van der Waals surface area contributed by atoms with Gasteiger partial charge in [-0.05, 0) is 133 Å². The van der Waals surface area contributed by atoms with E-state index in [1.54, 1.807) is 50.6 Å². The van der Waals surface area contributed by atoms with Crippen LogP contribution in [0.1, 0.15) is 109 Å². The maximum absolute atomic E-state index is 13.9. The summed E-state index contributed by atoms with van der Waals surface area (Å²) in [5, 5.41) is 8.47. The van der Waals surface area contributed by atoms with Crippen LogP contribution in [0.5, 0.6) is 34.5 Å². The van der Waals surface area contributed by atoms with Gasteiger partial charge in [-0.3, -0.25) is 47.5 Å². The minimum Gasteiger partial charge on any atom is -0.493 e. The van der Waals surface area contributed by atoms with Gasteiger partial charge in [-0.1, -0.05) is 18.6 Å². The lowest BCUT2D eigenvalue weighted by Crippen LogP contribution is -2.48. The zero-order valence-corrected chi connectivity index (χ0v) is 64.5. The number of unbranched alkanes of at least 4 members (excludes halogenated alkanes) is 1. The number of ketones is 3. The van der Waals surface area contributed by atoms with Gasteiger partial charge in [0, 0.05) is 145 Å². The first-order chi connectivity index (χ1) is 51.6. The second-order valence-electron chi connectivity index (χ2n) is 27.1. The number of imidazole rings is 1. The number of carbonyl (C=O) groups is 4. The number of nitrogens with zero attached hydrogens (tertiary/aromatic N) is 8. The van der Waals surface area contributed by atoms with Crippen LogP contribution in [0, 0.1) is 0 Å². The van der Waals surface area contributed by atoms with Crippen molar-refractivity contribution in [3.8, 4) is 45.6 Å². The van der Waals surface area contributed by atoms with Crippen molar-refractivity contribution in [3.63, 3.8) is 0 Å². The van der Waals surface area contributed by atoms with Gasteiger partial charge in [0.15, 0.2) is 28.8 Å². The van der Waals surface area contributed by atoms with E-state index in [0.29, 0.717) is 171 Å². The molecular weight excluding hydrogens is 1390 g/mol. The molecule has 3 aromatic heterocycles. The highest BCUT2D eigenvalue weighted by Crippen LogP contribution is 2.40. The van der Waals surface area contributed by atoms with Crippen LogP contribution in [-0.4, -0.2) is 218 Å². The minimum absolute atomic E-state index is 0.0174. The minimum atomic E-state index is -4.22. The number of methoxy groups -OCH3 is 2. The Labute approximate surface area is 627 Å². The fourth-order valence-corrected chi connectivity index (χ4v) is 13.9. The molecule has 1 amide bonds. The Morgan fingerprint density at radius 3 is 1.95 bits per heavy atom. The van der Waals surface area contributed by atoms with Gasteiger partial charge in [0.05, 0.1) is 127 Å². The lowest BCUT2D eigenvalue weighted by Gasteiger charge is -2.35. The molecule has 27 nitrogen and oxygen atoms in total. The monoisotopic (exact) mass is 1500 g/mol. The third-order valence-corrected chi connectivity index (χ3v) is 19.9. The summed E-state index contributed by atoms with van der Waals surface area (Å²) in [6, 6.07) is 20.8. The zero-order chi connectivity index (χ0) is 76.4. The Kier molecular flexibility index (Phi) is 31.3. The van der Waals surface area contributed by atoms with E-state index in [1.807, 2.05) is 61.8 Å². The number of hydrogen-bond acceptors (Lipinski definition) is 22. The molecule has 0 unspecified atom stereocenters. The molecule has 4 aromatic carbocycles. The number of amides is 1. The van der Waals surface area contributed by atoms with Crippen molar-refractivity contribution in [1.29, 1.82) is 0 Å². The number of allylic oxidation sites excluding steroid dienone is 4. The van der Waals surface area contributed by atoms with E-state index in [1.165, 1.54) is 41.6 Å². The molecule has 28 heteroatoms. The van der Waals surface area contributed by atoms with Crippen molar-refractivity contribution in [2.24, 2.45) is 14.1 Å². The smallest absolute Gasteiger partial charge is 0.328 e. The van der Waals surface area contributed by atoms with Crippen LogP contribution in [0.2, 0.25) is 0 Å². The molecular formula is C79H106N10O17S. The summed E-state index contributed by atoms with van der Waals surface area (Å²) in [6.07, 6.45) is 10.2. The Bertz CT molecular complexity index is 4390. The number of rotatable bonds is 47. The maximum atomic E-state index is 13.9. The summed E-state index contributed by atoms with van der Waals surface area (Å²) in [5.74, 6) is 3.04. The molecule has 2 N–H and O–H groups in total. The fourth-order valence-electron chi connectivity index (χ4n) is 12.8. The average molecular weight is 1500 g/mol. The number of Topliss-reactive ketones (excluding diaryl/α,β-unsaturated/α-hetero) is 3. The summed E-state index contributed by atoms with van der Waals surface area (Å²) in [6.45, 7) is 20.4. The van der Waals surface area contributed by atoms with E-state index in [0.717, 1.165) is 90.1 Å². The fraction of sp³-hybridized carbons (Fsp3) is 0.506. The van der Waals surface area contributed by atoms with Crippen LogP contribution in [0.15, 0.2) is 118 Å². The van der Waals surface area contributed by atoms with E-state index >= 15 is 0 Å². The third-order valence-electron chi connectivity index (χ3n) is 18.5. The van der Waals surface area contributed by atoms with Crippen molar-refractivity contribution in [1.82, 2.24) is 39.0 Å². The number of fused-ring (bicyclic) bond motifs is 2. The quantitative estimate of drug-likeness (QED) is 0.0265. The average Bonchev–Trinajstić information content (AvgIpc) is 1.67. The highest BCUT2D eigenvalue weighted by Gasteiger charge is 2.26. The van der Waals surface area contributed by atoms with Crippen LogP contribution in [0.4, 0.5) is 11.5 Å². The number of hydrogen-bond donors (Lipinski definition) is 2. The van der Waals surface area contributed by atoms with Gasteiger partial charge in [-0.15, -0.1) is 0 Å². The SMILES string of the molecule is CCCOc1cc(OCCCCN(C)CC(=O)CCCOCCOCCOCCOCCOCCC(=O)NCCN2CCN(c3ccc(-c4cc(C(=O)CCC5=C(C)C=C(C)CC5=O)c5cnn(C(C)C)c5c4)cn3)CC2)cc(Oc2cc3c(cc2NS(=O)(=O)c2ccc(OC)c(OC)c2)n(C)c(=O)n3C)c1. The van der Waals surface area contributed by atoms with Crippen LogP contribution in [0.3, 0.4) is 0 Å². The topological polar surface area (TPSA) is 286 Å². The van der Waals surface area contributed by atoms with E-state index in [2.05, 4.69) is 50.9 Å². The van der Waals surface area contributed by atoms with E-state index < -0.39 is 10.0 Å². The normalized spacial score (nSPS) is 13.7. The summed E-state index contributed by atoms with van der Waals surface area (Å²) < 4.78 is 92.7. The zero-order valence-electron chi connectivity index (χ0n) is 63.7. The van der Waals surface area contributed by atoms with Crippen molar-refractivity contribution in [2.75, 3.05) is 163 Å². The van der Waals surface area contributed by atoms with E-state index in [9.17, 15) is 32.4 Å². The number of piperazine rings is 1. The number of sulfonamides is 1. The molecule has 107 heavy (non-hydrogen) atoms. The van der Waals surface area contributed by atoms with Gasteiger partial charge in [-0.25, -0.2) is 18.2 Å². The lowest BCUT2D eigenvalue weighted by atomic mass is 9.88. The van der Waals surface area contributed by atoms with Crippen LogP contribution in [0.25, 0.3) is 33.1 Å². The second-order valence-corrected chi connectivity index (χ2v) is 28.8. The van der Waals surface area contributed by atoms with Crippen molar-refractivity contribution in [2.45, 2.75) is 103 Å². The predicted molar refractivity (Wildman–Crippen MR) is 411 cm³/mol. The van der Waals surface area contributed by atoms with Gasteiger partial charge >= 0.3 is 5.69 Å². The predicted octanol–water partition coefficient (Wildman–Crippen LogP) is 10.3. The molecule has 1 saturated heterocycles. The van der Waals surface area contributed by atoms with Gasteiger partial charge in [0.2, 0.25) is 5.91 Å². The molecule has 0 bridgehead atoms. The molecule has 2 aliphatic rings. The van der Waals surface area contributed by atoms with Crippen molar-refractivity contribution in [3.05, 3.63) is 124 Å². The first-order valence-electron chi connectivity index (χ1n) is 36.9. The lowest BCUT2D eigenvalue weighted by molar-refractivity contribution is -0.122. The summed E-state index contributed by atoms with van der Waals surface area (Å²) in [4.78, 5) is 76.5. The second kappa shape index (κ2) is 40.8. The molecule has 1 aliphatic carbocycles. The summed E-state index contributed by atoms with van der Waals surface area (Å²) in [5.41, 5.74) is 6.78. The largest absolute Gasteiger partial charge is 0.493 e. The number of ether oxygens (including phenoxy) is 10. The highest BCUT2D eigenvalue weighted by molar-refractivity contribution is 7.92. The van der Waals surface area contributed by atoms with Crippen LogP contribution >= 0.6 is 0 Å². The molecule has 580 valence electrons. The standard InChI is InChI=1S/C79H106N10O17S/c1-11-30-104-61-46-62(48-63(47-61)106-75-51-71-70(85(7)79(94)86(71)8)50-68(75)83-107(95,96)64-17-20-74(97-9)76(49-64)98-10)105-32-13-12-24-84(6)54-60(90)15-14-31-99-34-36-101-38-40-103-41-39-102-37-35-100-33-22-78(93)80-23-25-87-26-28-88(29-27-87)77-21-16-58(52-81-77)59-44-66(67-53-82-89(55(2)3)69(67)45-59)72(91)19-18-65-57(5)42-56(4)43-73(65)92/h16-17,20-21,42,44-53,55,83H,11-15,18-19,22-41,43,54H2,1-10H3,(H,80,93). The number of aromatic nitrogens is 5. The summed E-state index contributed by atoms with van der Waals surface area (Å²) >= 11 is 0. The van der Waals surface area contributed by atoms with Crippen LogP contribution < -0.4 is 44.3 Å². The molecule has 0 atom stereocenters. The molecule has 0 spiro atoms. The van der Waals surface area contributed by atoms with E-state index in [4.69, 9.17) is 52.4 Å². The molecule has 0 saturated carbocycles. The van der Waals surface area contributed by atoms with Gasteiger partial charge < -0.3 is 57.6 Å². The molecule has 1 fully saturated rings.